The SMILES string of the molecule is CC(C)=CCCC(C)=CCCC(C)=CCCC(C)=CCCC(C)=CCCC(C)CCCC(C)=CCC1=C(C)C(=O)c2ccccc2C1=O. The molecule has 0 heterocycles. The molecule has 0 aromatic heterocycles. The van der Waals surface area contributed by atoms with Gasteiger partial charge in [-0.05, 0) is 145 Å². The standard InChI is InChI=1S/C46H66O2/c1-34(2)18-12-19-35(3)20-13-21-36(4)22-14-23-37(5)24-15-25-38(6)26-16-27-39(7)28-17-29-40(8)32-33-42-41(9)45(47)43-30-10-11-31-44(43)46(42)48/h10-11,18,20,22,24,26,30-32,39H,12-17,19,21,23,25,27-29,33H2,1-9H3. The van der Waals surface area contributed by atoms with Crippen molar-refractivity contribution in [1.82, 2.24) is 0 Å². The molecule has 0 saturated carbocycles. The molecule has 1 aromatic rings. The number of fused-ring (bicyclic) bond motifs is 1. The highest BCUT2D eigenvalue weighted by Crippen LogP contribution is 2.29. The number of benzene rings is 1. The molecule has 0 spiro atoms. The third-order valence-corrected chi connectivity index (χ3v) is 9.74. The molecule has 0 fully saturated rings. The fraction of sp³-hybridized carbons (Fsp3) is 0.522. The quantitative estimate of drug-likeness (QED) is 0.124. The van der Waals surface area contributed by atoms with Gasteiger partial charge in [-0.2, -0.15) is 0 Å². The average Bonchev–Trinajstić information content (AvgIpc) is 3.03. The first-order valence-electron chi connectivity index (χ1n) is 18.7. The fourth-order valence-corrected chi connectivity index (χ4v) is 6.30. The second-order valence-corrected chi connectivity index (χ2v) is 14.8. The maximum atomic E-state index is 13.0. The number of ketones is 2. The van der Waals surface area contributed by atoms with Gasteiger partial charge in [0.25, 0.3) is 0 Å². The lowest BCUT2D eigenvalue weighted by atomic mass is 9.83. The predicted molar refractivity (Wildman–Crippen MR) is 210 cm³/mol. The van der Waals surface area contributed by atoms with E-state index in [1.807, 2.05) is 12.1 Å². The zero-order valence-corrected chi connectivity index (χ0v) is 32.1. The molecule has 1 unspecified atom stereocenters. The van der Waals surface area contributed by atoms with Crippen LogP contribution in [0.3, 0.4) is 0 Å². The largest absolute Gasteiger partial charge is 0.289 e. The lowest BCUT2D eigenvalue weighted by Gasteiger charge is -2.18. The van der Waals surface area contributed by atoms with E-state index in [1.54, 1.807) is 19.1 Å². The molecule has 0 saturated heterocycles. The van der Waals surface area contributed by atoms with Crippen molar-refractivity contribution in [2.45, 2.75) is 152 Å². The van der Waals surface area contributed by atoms with Gasteiger partial charge in [0, 0.05) is 22.3 Å². The highest BCUT2D eigenvalue weighted by Gasteiger charge is 2.28. The van der Waals surface area contributed by atoms with E-state index in [0.717, 1.165) is 57.8 Å². The summed E-state index contributed by atoms with van der Waals surface area (Å²) >= 11 is 0. The van der Waals surface area contributed by atoms with Crippen LogP contribution in [0.25, 0.3) is 0 Å². The molecule has 2 nitrogen and oxygen atoms in total. The van der Waals surface area contributed by atoms with E-state index in [0.29, 0.717) is 34.6 Å². The summed E-state index contributed by atoms with van der Waals surface area (Å²) in [5.74, 6) is 0.691. The van der Waals surface area contributed by atoms with Crippen LogP contribution in [0.15, 0.2) is 105 Å². The molecule has 0 N–H and O–H groups in total. The summed E-state index contributed by atoms with van der Waals surface area (Å²) in [5.41, 5.74) is 11.1. The van der Waals surface area contributed by atoms with Crippen molar-refractivity contribution < 1.29 is 9.59 Å². The molecule has 0 aliphatic heterocycles. The monoisotopic (exact) mass is 651 g/mol. The predicted octanol–water partition coefficient (Wildman–Crippen LogP) is 14.2. The maximum Gasteiger partial charge on any atom is 0.190 e. The minimum absolute atomic E-state index is 0.00361. The van der Waals surface area contributed by atoms with E-state index in [-0.39, 0.29) is 11.6 Å². The van der Waals surface area contributed by atoms with Crippen LogP contribution >= 0.6 is 0 Å². The molecule has 1 aliphatic carbocycles. The summed E-state index contributed by atoms with van der Waals surface area (Å²) in [6.07, 6.45) is 29.8. The minimum Gasteiger partial charge on any atom is -0.289 e. The highest BCUT2D eigenvalue weighted by atomic mass is 16.1. The Balaban J connectivity index is 1.61. The Bertz CT molecular complexity index is 1430. The van der Waals surface area contributed by atoms with Crippen molar-refractivity contribution in [3.63, 3.8) is 0 Å². The van der Waals surface area contributed by atoms with Gasteiger partial charge < -0.3 is 0 Å². The summed E-state index contributed by atoms with van der Waals surface area (Å²) in [6.45, 7) is 19.8. The van der Waals surface area contributed by atoms with E-state index in [1.165, 1.54) is 59.1 Å². The van der Waals surface area contributed by atoms with Crippen LogP contribution in [0.2, 0.25) is 0 Å². The van der Waals surface area contributed by atoms with Crippen molar-refractivity contribution in [2.75, 3.05) is 0 Å². The van der Waals surface area contributed by atoms with Gasteiger partial charge in [-0.3, -0.25) is 9.59 Å². The molecule has 1 aliphatic rings. The Kier molecular flexibility index (Phi) is 19.1. The van der Waals surface area contributed by atoms with Gasteiger partial charge in [0.15, 0.2) is 11.6 Å². The Labute approximate surface area is 295 Å². The summed E-state index contributed by atoms with van der Waals surface area (Å²) in [4.78, 5) is 25.8. The molecule has 0 amide bonds. The smallest absolute Gasteiger partial charge is 0.190 e. The molecule has 0 radical (unpaired) electrons. The number of rotatable bonds is 21. The summed E-state index contributed by atoms with van der Waals surface area (Å²) in [6, 6.07) is 7.18. The normalized spacial score (nSPS) is 15.6. The summed E-state index contributed by atoms with van der Waals surface area (Å²) < 4.78 is 0. The second kappa shape index (κ2) is 22.4. The van der Waals surface area contributed by atoms with Gasteiger partial charge in [-0.25, -0.2) is 0 Å². The van der Waals surface area contributed by atoms with Crippen molar-refractivity contribution in [3.8, 4) is 0 Å². The van der Waals surface area contributed by atoms with Gasteiger partial charge in [0.1, 0.15) is 0 Å². The number of carbonyl (C=O) groups is 2. The molecule has 2 rings (SSSR count). The Morgan fingerprint density at radius 1 is 0.562 bits per heavy atom. The van der Waals surface area contributed by atoms with Gasteiger partial charge >= 0.3 is 0 Å². The van der Waals surface area contributed by atoms with Crippen molar-refractivity contribution in [2.24, 2.45) is 5.92 Å². The number of allylic oxidation sites excluding steroid dienone is 14. The van der Waals surface area contributed by atoms with Crippen molar-refractivity contribution in [1.29, 1.82) is 0 Å². The zero-order valence-electron chi connectivity index (χ0n) is 32.1. The van der Waals surface area contributed by atoms with Gasteiger partial charge in [0.2, 0.25) is 0 Å². The molecule has 0 bridgehead atoms. The zero-order chi connectivity index (χ0) is 35.5. The molecule has 1 atom stereocenters. The third-order valence-electron chi connectivity index (χ3n) is 9.74. The topological polar surface area (TPSA) is 34.1 Å². The fourth-order valence-electron chi connectivity index (χ4n) is 6.30. The molecule has 2 heteroatoms. The maximum absolute atomic E-state index is 13.0. The van der Waals surface area contributed by atoms with E-state index >= 15 is 0 Å². The molecule has 1 aromatic carbocycles. The lowest BCUT2D eigenvalue weighted by molar-refractivity contribution is 0.0973. The van der Waals surface area contributed by atoms with E-state index in [4.69, 9.17) is 0 Å². The van der Waals surface area contributed by atoms with E-state index in [2.05, 4.69) is 91.8 Å². The second-order valence-electron chi connectivity index (χ2n) is 14.8. The summed E-state index contributed by atoms with van der Waals surface area (Å²) in [7, 11) is 0. The Morgan fingerprint density at radius 2 is 1.00 bits per heavy atom. The average molecular weight is 651 g/mol. The van der Waals surface area contributed by atoms with Crippen LogP contribution in [0.4, 0.5) is 0 Å². The van der Waals surface area contributed by atoms with Crippen molar-refractivity contribution in [3.05, 3.63) is 116 Å². The van der Waals surface area contributed by atoms with Crippen LogP contribution in [0, 0.1) is 5.92 Å². The lowest BCUT2D eigenvalue weighted by Crippen LogP contribution is -2.20. The first-order valence-corrected chi connectivity index (χ1v) is 18.7. The number of hydrogen-bond donors (Lipinski definition) is 0. The molecular weight excluding hydrogens is 585 g/mol. The van der Waals surface area contributed by atoms with Crippen LogP contribution in [0.1, 0.15) is 173 Å². The first kappa shape index (κ1) is 40.9. The third kappa shape index (κ3) is 15.8. The van der Waals surface area contributed by atoms with Crippen LogP contribution in [-0.2, 0) is 0 Å². The van der Waals surface area contributed by atoms with E-state index < -0.39 is 0 Å². The highest BCUT2D eigenvalue weighted by molar-refractivity contribution is 6.26. The Hall–Kier alpha value is -3.26. The molecular formula is C46H66O2. The Morgan fingerprint density at radius 3 is 1.50 bits per heavy atom. The van der Waals surface area contributed by atoms with Crippen LogP contribution < -0.4 is 0 Å². The molecule has 262 valence electrons. The van der Waals surface area contributed by atoms with Crippen LogP contribution in [0.5, 0.6) is 0 Å². The van der Waals surface area contributed by atoms with Crippen molar-refractivity contribution >= 4 is 11.6 Å². The van der Waals surface area contributed by atoms with Gasteiger partial charge in [-0.15, -0.1) is 0 Å². The van der Waals surface area contributed by atoms with E-state index in [9.17, 15) is 9.59 Å². The van der Waals surface area contributed by atoms with Gasteiger partial charge in [0.05, 0.1) is 0 Å². The number of carbonyl (C=O) groups excluding carboxylic acids is 2. The first-order chi connectivity index (χ1) is 22.9. The molecule has 48 heavy (non-hydrogen) atoms. The van der Waals surface area contributed by atoms with Crippen LogP contribution in [-0.4, -0.2) is 11.6 Å². The number of Topliss-reactive ketones (excluding diaryl/α,β-unsaturated/α-hetero) is 2. The summed E-state index contributed by atoms with van der Waals surface area (Å²) in [5, 5.41) is 0. The number of hydrogen-bond acceptors (Lipinski definition) is 2. The minimum atomic E-state index is -0.0133. The van der Waals surface area contributed by atoms with Gasteiger partial charge in [-0.1, -0.05) is 108 Å².